The summed E-state index contributed by atoms with van der Waals surface area (Å²) >= 11 is 0. The summed E-state index contributed by atoms with van der Waals surface area (Å²) in [6, 6.07) is 8.37. The van der Waals surface area contributed by atoms with E-state index in [4.69, 9.17) is 9.31 Å². The summed E-state index contributed by atoms with van der Waals surface area (Å²) in [5.74, 6) is 0.249. The van der Waals surface area contributed by atoms with E-state index in [0.717, 1.165) is 31.4 Å². The second-order valence-corrected chi connectivity index (χ2v) is 7.75. The molecule has 0 saturated carbocycles. The van der Waals surface area contributed by atoms with Crippen molar-refractivity contribution in [3.8, 4) is 0 Å². The highest BCUT2D eigenvalue weighted by Crippen LogP contribution is 2.36. The Kier molecular flexibility index (Phi) is 6.33. The van der Waals surface area contributed by atoms with Crippen molar-refractivity contribution in [3.63, 3.8) is 0 Å². The van der Waals surface area contributed by atoms with Crippen molar-refractivity contribution in [3.05, 3.63) is 29.8 Å². The monoisotopic (exact) mass is 345 g/mol. The first-order chi connectivity index (χ1) is 11.7. The van der Waals surface area contributed by atoms with E-state index < -0.39 is 0 Å². The molecule has 1 aromatic rings. The number of carbonyl (C=O) groups excluding carboxylic acids is 1. The molecule has 0 spiro atoms. The van der Waals surface area contributed by atoms with Gasteiger partial charge in [0.25, 0.3) is 0 Å². The summed E-state index contributed by atoms with van der Waals surface area (Å²) in [5, 5.41) is 0. The van der Waals surface area contributed by atoms with Crippen LogP contribution in [0.2, 0.25) is 0 Å². The van der Waals surface area contributed by atoms with Crippen LogP contribution in [0.15, 0.2) is 24.3 Å². The largest absolute Gasteiger partial charge is 0.494 e. The topological polar surface area (TPSA) is 38.8 Å². The van der Waals surface area contributed by atoms with E-state index in [1.165, 1.54) is 5.56 Å². The Morgan fingerprint density at radius 1 is 1.00 bits per heavy atom. The Morgan fingerprint density at radius 2 is 1.52 bits per heavy atom. The molecule has 5 heteroatoms. The van der Waals surface area contributed by atoms with Crippen molar-refractivity contribution in [2.45, 2.75) is 72.0 Å². The van der Waals surface area contributed by atoms with Crippen LogP contribution in [0.25, 0.3) is 0 Å². The van der Waals surface area contributed by atoms with Crippen LogP contribution < -0.4 is 5.46 Å². The molecule has 1 heterocycles. The number of benzene rings is 1. The molecule has 0 bridgehead atoms. The fourth-order valence-electron chi connectivity index (χ4n) is 3.00. The number of carbonyl (C=O) groups is 1. The molecule has 25 heavy (non-hydrogen) atoms. The number of hydrogen-bond acceptors (Lipinski definition) is 3. The van der Waals surface area contributed by atoms with E-state index in [2.05, 4.69) is 52.0 Å². The average Bonchev–Trinajstić information content (AvgIpc) is 2.77. The SMILES string of the molecule is CCN(CC)C(=O)CCCc1ccc(B2OC(C)(C)C(C)(C)O2)cc1. The molecular weight excluding hydrogens is 313 g/mol. The van der Waals surface area contributed by atoms with Crippen molar-refractivity contribution >= 4 is 18.5 Å². The van der Waals surface area contributed by atoms with Gasteiger partial charge < -0.3 is 14.2 Å². The molecule has 0 aromatic heterocycles. The summed E-state index contributed by atoms with van der Waals surface area (Å²) in [5.41, 5.74) is 1.65. The third kappa shape index (κ3) is 4.65. The van der Waals surface area contributed by atoms with Gasteiger partial charge in [0.1, 0.15) is 0 Å². The first kappa shape index (κ1) is 20.0. The van der Waals surface area contributed by atoms with Gasteiger partial charge in [-0.2, -0.15) is 0 Å². The summed E-state index contributed by atoms with van der Waals surface area (Å²) in [6.45, 7) is 13.9. The molecule has 1 aliphatic heterocycles. The number of aryl methyl sites for hydroxylation is 1. The fourth-order valence-corrected chi connectivity index (χ4v) is 3.00. The number of nitrogens with zero attached hydrogens (tertiary/aromatic N) is 1. The van der Waals surface area contributed by atoms with Crippen molar-refractivity contribution in [2.24, 2.45) is 0 Å². The molecule has 0 N–H and O–H groups in total. The number of amides is 1. The minimum Gasteiger partial charge on any atom is -0.399 e. The van der Waals surface area contributed by atoms with Gasteiger partial charge in [0, 0.05) is 19.5 Å². The lowest BCUT2D eigenvalue weighted by Crippen LogP contribution is -2.41. The van der Waals surface area contributed by atoms with Crippen LogP contribution in [0, 0.1) is 0 Å². The lowest BCUT2D eigenvalue weighted by molar-refractivity contribution is -0.130. The highest BCUT2D eigenvalue weighted by molar-refractivity contribution is 6.62. The molecule has 1 aliphatic rings. The van der Waals surface area contributed by atoms with Crippen LogP contribution in [0.4, 0.5) is 0 Å². The lowest BCUT2D eigenvalue weighted by Gasteiger charge is -2.32. The Hall–Kier alpha value is -1.33. The number of hydrogen-bond donors (Lipinski definition) is 0. The maximum absolute atomic E-state index is 12.0. The van der Waals surface area contributed by atoms with Crippen LogP contribution in [-0.4, -0.2) is 42.2 Å². The third-order valence-electron chi connectivity index (χ3n) is 5.48. The molecule has 1 fully saturated rings. The molecule has 0 atom stereocenters. The minimum absolute atomic E-state index is 0.249. The maximum Gasteiger partial charge on any atom is 0.494 e. The van der Waals surface area contributed by atoms with Crippen LogP contribution in [-0.2, 0) is 20.5 Å². The van der Waals surface area contributed by atoms with Crippen LogP contribution >= 0.6 is 0 Å². The fraction of sp³-hybridized carbons (Fsp3) is 0.650. The highest BCUT2D eigenvalue weighted by atomic mass is 16.7. The van der Waals surface area contributed by atoms with Gasteiger partial charge in [0.05, 0.1) is 11.2 Å². The lowest BCUT2D eigenvalue weighted by atomic mass is 9.78. The Balaban J connectivity index is 1.88. The Labute approximate surface area is 153 Å². The second-order valence-electron chi connectivity index (χ2n) is 7.75. The molecule has 2 rings (SSSR count). The van der Waals surface area contributed by atoms with Gasteiger partial charge in [0.15, 0.2) is 0 Å². The van der Waals surface area contributed by atoms with Gasteiger partial charge in [-0.1, -0.05) is 24.3 Å². The van der Waals surface area contributed by atoms with Gasteiger partial charge in [-0.3, -0.25) is 4.79 Å². The summed E-state index contributed by atoms with van der Waals surface area (Å²) in [4.78, 5) is 13.9. The zero-order chi connectivity index (χ0) is 18.7. The zero-order valence-corrected chi connectivity index (χ0v) is 16.6. The molecule has 1 saturated heterocycles. The molecule has 1 amide bonds. The normalized spacial score (nSPS) is 18.4. The third-order valence-corrected chi connectivity index (χ3v) is 5.48. The minimum atomic E-state index is -0.318. The molecule has 0 unspecified atom stereocenters. The molecule has 138 valence electrons. The van der Waals surface area contributed by atoms with Crippen molar-refractivity contribution in [2.75, 3.05) is 13.1 Å². The van der Waals surface area contributed by atoms with Gasteiger partial charge in [0.2, 0.25) is 5.91 Å². The Morgan fingerprint density at radius 3 is 2.00 bits per heavy atom. The molecule has 1 aromatic carbocycles. The predicted molar refractivity (Wildman–Crippen MR) is 103 cm³/mol. The first-order valence-corrected chi connectivity index (χ1v) is 9.42. The molecule has 0 radical (unpaired) electrons. The van der Waals surface area contributed by atoms with Crippen LogP contribution in [0.5, 0.6) is 0 Å². The summed E-state index contributed by atoms with van der Waals surface area (Å²) in [7, 11) is -0.316. The standard InChI is InChI=1S/C20H32BNO3/c1-7-22(8-2)18(23)11-9-10-16-12-14-17(15-13-16)21-24-19(3,4)20(5,6)25-21/h12-15H,7-11H2,1-6H3. The van der Waals surface area contributed by atoms with E-state index in [1.807, 2.05) is 18.7 Å². The smallest absolute Gasteiger partial charge is 0.399 e. The van der Waals surface area contributed by atoms with Gasteiger partial charge >= 0.3 is 7.12 Å². The van der Waals surface area contributed by atoms with E-state index in [9.17, 15) is 4.79 Å². The van der Waals surface area contributed by atoms with Gasteiger partial charge in [-0.15, -0.1) is 0 Å². The molecule has 4 nitrogen and oxygen atoms in total. The maximum atomic E-state index is 12.0. The quantitative estimate of drug-likeness (QED) is 0.713. The highest BCUT2D eigenvalue weighted by Gasteiger charge is 2.51. The Bertz CT molecular complexity index is 563. The molecular formula is C20H32BNO3. The predicted octanol–water partition coefficient (Wildman–Crippen LogP) is 3.18. The average molecular weight is 345 g/mol. The van der Waals surface area contributed by atoms with Crippen molar-refractivity contribution in [1.29, 1.82) is 0 Å². The van der Waals surface area contributed by atoms with Crippen LogP contribution in [0.3, 0.4) is 0 Å². The first-order valence-electron chi connectivity index (χ1n) is 9.42. The van der Waals surface area contributed by atoms with Crippen molar-refractivity contribution in [1.82, 2.24) is 4.90 Å². The van der Waals surface area contributed by atoms with Crippen molar-refractivity contribution < 1.29 is 14.1 Å². The summed E-state index contributed by atoms with van der Waals surface area (Å²) in [6.07, 6.45) is 2.41. The molecule has 0 aliphatic carbocycles. The van der Waals surface area contributed by atoms with E-state index in [-0.39, 0.29) is 24.2 Å². The zero-order valence-electron chi connectivity index (χ0n) is 16.6. The van der Waals surface area contributed by atoms with E-state index >= 15 is 0 Å². The second kappa shape index (κ2) is 7.92. The number of rotatable bonds is 7. The van der Waals surface area contributed by atoms with Crippen LogP contribution in [0.1, 0.15) is 59.9 Å². The van der Waals surface area contributed by atoms with Gasteiger partial charge in [-0.05, 0) is 65.4 Å². The van der Waals surface area contributed by atoms with Gasteiger partial charge in [-0.25, -0.2) is 0 Å². The summed E-state index contributed by atoms with van der Waals surface area (Å²) < 4.78 is 12.2. The van der Waals surface area contributed by atoms with E-state index in [1.54, 1.807) is 0 Å². The van der Waals surface area contributed by atoms with E-state index in [0.29, 0.717) is 6.42 Å².